The summed E-state index contributed by atoms with van der Waals surface area (Å²) >= 11 is 16.9. The van der Waals surface area contributed by atoms with Gasteiger partial charge in [0, 0.05) is 10.0 Å². The van der Waals surface area contributed by atoms with Gasteiger partial charge in [0.05, 0.1) is 5.56 Å². The van der Waals surface area contributed by atoms with Crippen molar-refractivity contribution in [1.29, 1.82) is 0 Å². The molecule has 2 aromatic carbocycles. The molecule has 116 valence electrons. The number of ether oxygens (including phenoxy) is 2. The smallest absolute Gasteiger partial charge is 0.129 e. The molecule has 0 spiro atoms. The van der Waals surface area contributed by atoms with E-state index >= 15 is 0 Å². The summed E-state index contributed by atoms with van der Waals surface area (Å²) in [4.78, 5) is 0.242. The van der Waals surface area contributed by atoms with Crippen molar-refractivity contribution in [3.63, 3.8) is 0 Å². The lowest BCUT2D eigenvalue weighted by Crippen LogP contribution is -2.14. The molecule has 0 saturated heterocycles. The normalized spacial score (nSPS) is 10.3. The van der Waals surface area contributed by atoms with Gasteiger partial charge in [0.25, 0.3) is 0 Å². The van der Waals surface area contributed by atoms with Gasteiger partial charge >= 0.3 is 0 Å². The molecular weight excluding hydrogens is 341 g/mol. The van der Waals surface area contributed by atoms with Gasteiger partial charge in [0.2, 0.25) is 0 Å². The van der Waals surface area contributed by atoms with Crippen LogP contribution in [0.4, 0.5) is 0 Å². The largest absolute Gasteiger partial charge is 0.490 e. The highest BCUT2D eigenvalue weighted by Gasteiger charge is 2.07. The molecule has 3 nitrogen and oxygen atoms in total. The first-order valence-corrected chi connectivity index (χ1v) is 7.75. The number of halogens is 2. The van der Waals surface area contributed by atoms with Gasteiger partial charge < -0.3 is 15.2 Å². The predicted molar refractivity (Wildman–Crippen MR) is 94.5 cm³/mol. The second-order valence-electron chi connectivity index (χ2n) is 4.61. The minimum absolute atomic E-state index is 0.242. The van der Waals surface area contributed by atoms with Crippen LogP contribution in [0.15, 0.2) is 36.4 Å². The van der Waals surface area contributed by atoms with Crippen LogP contribution in [0.5, 0.6) is 11.5 Å². The van der Waals surface area contributed by atoms with Crippen LogP contribution in [0.2, 0.25) is 10.0 Å². The predicted octanol–water partition coefficient (Wildman–Crippen LogP) is 4.39. The molecule has 2 aromatic rings. The van der Waals surface area contributed by atoms with Crippen molar-refractivity contribution < 1.29 is 9.47 Å². The zero-order valence-corrected chi connectivity index (χ0v) is 14.3. The Hall–Kier alpha value is -1.49. The number of aryl methyl sites for hydroxylation is 1. The number of hydrogen-bond acceptors (Lipinski definition) is 3. The number of benzene rings is 2. The van der Waals surface area contributed by atoms with E-state index in [1.54, 1.807) is 24.3 Å². The molecule has 0 aliphatic heterocycles. The monoisotopic (exact) mass is 355 g/mol. The van der Waals surface area contributed by atoms with Crippen LogP contribution in [0, 0.1) is 6.92 Å². The topological polar surface area (TPSA) is 44.5 Å². The van der Waals surface area contributed by atoms with E-state index in [0.717, 1.165) is 11.3 Å². The van der Waals surface area contributed by atoms with Gasteiger partial charge in [-0.25, -0.2) is 0 Å². The van der Waals surface area contributed by atoms with Crippen LogP contribution >= 0.6 is 35.4 Å². The fourth-order valence-electron chi connectivity index (χ4n) is 1.84. The quantitative estimate of drug-likeness (QED) is 0.616. The zero-order chi connectivity index (χ0) is 16.1. The Balaban J connectivity index is 1.91. The van der Waals surface area contributed by atoms with Crippen molar-refractivity contribution in [3.8, 4) is 11.5 Å². The van der Waals surface area contributed by atoms with Crippen LogP contribution in [-0.4, -0.2) is 18.2 Å². The molecule has 0 aromatic heterocycles. The van der Waals surface area contributed by atoms with Gasteiger partial charge in [-0.2, -0.15) is 0 Å². The van der Waals surface area contributed by atoms with Crippen molar-refractivity contribution in [1.82, 2.24) is 0 Å². The van der Waals surface area contributed by atoms with E-state index in [4.69, 9.17) is 50.6 Å². The summed E-state index contributed by atoms with van der Waals surface area (Å²) in [6.45, 7) is 2.67. The van der Waals surface area contributed by atoms with Gasteiger partial charge in [-0.1, -0.05) is 35.4 Å². The molecule has 0 aliphatic carbocycles. The van der Waals surface area contributed by atoms with Crippen LogP contribution in [-0.2, 0) is 0 Å². The molecule has 0 aliphatic rings. The van der Waals surface area contributed by atoms with Crippen LogP contribution < -0.4 is 15.2 Å². The third-order valence-electron chi connectivity index (χ3n) is 2.95. The van der Waals surface area contributed by atoms with E-state index in [9.17, 15) is 0 Å². The van der Waals surface area contributed by atoms with E-state index in [-0.39, 0.29) is 4.99 Å². The van der Waals surface area contributed by atoms with Crippen molar-refractivity contribution in [2.75, 3.05) is 13.2 Å². The SMILES string of the molecule is Cc1cc(OCCOc2ccc(Cl)cc2C(N)=S)ccc1Cl. The third kappa shape index (κ3) is 4.50. The van der Waals surface area contributed by atoms with E-state index < -0.39 is 0 Å². The molecule has 0 radical (unpaired) electrons. The number of rotatable bonds is 6. The lowest BCUT2D eigenvalue weighted by Gasteiger charge is -2.12. The Kier molecular flexibility index (Phi) is 5.89. The summed E-state index contributed by atoms with van der Waals surface area (Å²) < 4.78 is 11.3. The first-order valence-electron chi connectivity index (χ1n) is 6.58. The second-order valence-corrected chi connectivity index (χ2v) is 5.90. The molecule has 2 rings (SSSR count). The molecule has 0 bridgehead atoms. The first kappa shape index (κ1) is 16.9. The molecule has 0 amide bonds. The van der Waals surface area contributed by atoms with E-state index in [1.807, 2.05) is 19.1 Å². The van der Waals surface area contributed by atoms with Crippen LogP contribution in [0.1, 0.15) is 11.1 Å². The molecule has 6 heteroatoms. The van der Waals surface area contributed by atoms with E-state index in [0.29, 0.717) is 34.6 Å². The Morgan fingerprint density at radius 2 is 1.82 bits per heavy atom. The maximum absolute atomic E-state index is 5.97. The fourth-order valence-corrected chi connectivity index (χ4v) is 2.29. The summed E-state index contributed by atoms with van der Waals surface area (Å²) in [6, 6.07) is 10.6. The Morgan fingerprint density at radius 1 is 1.09 bits per heavy atom. The van der Waals surface area contributed by atoms with Gasteiger partial charge in [-0.05, 0) is 48.9 Å². The summed E-state index contributed by atoms with van der Waals surface area (Å²) in [6.07, 6.45) is 0. The van der Waals surface area contributed by atoms with E-state index in [1.165, 1.54) is 0 Å². The lowest BCUT2D eigenvalue weighted by atomic mass is 10.2. The van der Waals surface area contributed by atoms with Gasteiger partial charge in [-0.15, -0.1) is 0 Å². The van der Waals surface area contributed by atoms with Crippen molar-refractivity contribution >= 4 is 40.4 Å². The Labute approximate surface area is 144 Å². The van der Waals surface area contributed by atoms with Gasteiger partial charge in [0.15, 0.2) is 0 Å². The maximum Gasteiger partial charge on any atom is 0.129 e. The first-order chi connectivity index (χ1) is 10.5. The molecule has 0 saturated carbocycles. The lowest BCUT2D eigenvalue weighted by molar-refractivity contribution is 0.217. The molecule has 0 heterocycles. The highest BCUT2D eigenvalue weighted by Crippen LogP contribution is 2.23. The Morgan fingerprint density at radius 3 is 2.50 bits per heavy atom. The minimum Gasteiger partial charge on any atom is -0.490 e. The molecule has 0 fully saturated rings. The van der Waals surface area contributed by atoms with Crippen molar-refractivity contribution in [3.05, 3.63) is 57.6 Å². The average molecular weight is 356 g/mol. The number of nitrogens with two attached hydrogens (primary N) is 1. The maximum atomic E-state index is 5.97. The van der Waals surface area contributed by atoms with Crippen molar-refractivity contribution in [2.45, 2.75) is 6.92 Å². The third-order valence-corrected chi connectivity index (χ3v) is 3.83. The van der Waals surface area contributed by atoms with Gasteiger partial charge in [0.1, 0.15) is 29.7 Å². The standard InChI is InChI=1S/C16H15Cl2NO2S/c1-10-8-12(3-4-14(10)18)20-6-7-21-15-5-2-11(17)9-13(15)16(19)22/h2-5,8-9H,6-7H2,1H3,(H2,19,22). The van der Waals surface area contributed by atoms with E-state index in [2.05, 4.69) is 0 Å². The van der Waals surface area contributed by atoms with Crippen LogP contribution in [0.3, 0.4) is 0 Å². The highest BCUT2D eigenvalue weighted by atomic mass is 35.5. The minimum atomic E-state index is 0.242. The highest BCUT2D eigenvalue weighted by molar-refractivity contribution is 7.80. The fraction of sp³-hybridized carbons (Fsp3) is 0.188. The molecule has 0 atom stereocenters. The number of thiocarbonyl (C=S) groups is 1. The number of hydrogen-bond donors (Lipinski definition) is 1. The zero-order valence-electron chi connectivity index (χ0n) is 11.9. The average Bonchev–Trinajstić information content (AvgIpc) is 2.48. The summed E-state index contributed by atoms with van der Waals surface area (Å²) in [5.74, 6) is 1.34. The molecule has 0 unspecified atom stereocenters. The molecule has 2 N–H and O–H groups in total. The summed E-state index contributed by atoms with van der Waals surface area (Å²) in [5, 5.41) is 1.27. The molecular formula is C16H15Cl2NO2S. The summed E-state index contributed by atoms with van der Waals surface area (Å²) in [5.41, 5.74) is 7.24. The molecule has 22 heavy (non-hydrogen) atoms. The summed E-state index contributed by atoms with van der Waals surface area (Å²) in [7, 11) is 0. The Bertz CT molecular complexity index is 692. The second kappa shape index (κ2) is 7.68. The van der Waals surface area contributed by atoms with Crippen molar-refractivity contribution in [2.24, 2.45) is 5.73 Å². The van der Waals surface area contributed by atoms with Gasteiger partial charge in [-0.3, -0.25) is 0 Å². The van der Waals surface area contributed by atoms with Crippen LogP contribution in [0.25, 0.3) is 0 Å².